The van der Waals surface area contributed by atoms with Crippen LogP contribution in [-0.4, -0.2) is 85.6 Å². The highest BCUT2D eigenvalue weighted by molar-refractivity contribution is 5.79. The maximum absolute atomic E-state index is 13.6. The highest BCUT2D eigenvalue weighted by Gasteiger charge is 2.47. The first-order valence-corrected chi connectivity index (χ1v) is 14.8. The van der Waals surface area contributed by atoms with Crippen LogP contribution in [0.5, 0.6) is 17.2 Å². The number of amides is 1. The van der Waals surface area contributed by atoms with Crippen molar-refractivity contribution in [3.63, 3.8) is 0 Å². The fraction of sp³-hybridized carbons (Fsp3) is 0.733. The molecule has 4 atom stereocenters. The normalized spacial score (nSPS) is 24.6. The van der Waals surface area contributed by atoms with Crippen molar-refractivity contribution in [1.29, 1.82) is 0 Å². The van der Waals surface area contributed by atoms with E-state index in [1.807, 2.05) is 17.0 Å². The number of carboxylic acids is 1. The number of hydrogen-bond acceptors (Lipinski definition) is 7. The number of rotatable bonds is 14. The first-order chi connectivity index (χ1) is 19.0. The second-order valence-corrected chi connectivity index (χ2v) is 11.1. The SMILES string of the molecule is CCCCN(CCCC)C(=O)CN1C[C@H](c2cc(OC)c3c(c2)OCO3)[C@@H](C(=O)O)[C@@H]1CCC1CCCCO1. The quantitative estimate of drug-likeness (QED) is 0.360. The summed E-state index contributed by atoms with van der Waals surface area (Å²) in [5, 5.41) is 10.5. The molecular weight excluding hydrogens is 500 g/mol. The van der Waals surface area contributed by atoms with Crippen LogP contribution in [0.2, 0.25) is 0 Å². The maximum Gasteiger partial charge on any atom is 0.308 e. The molecule has 3 aliphatic rings. The average Bonchev–Trinajstić information content (AvgIpc) is 3.56. The van der Waals surface area contributed by atoms with Gasteiger partial charge in [-0.15, -0.1) is 0 Å². The molecule has 0 spiro atoms. The molecule has 1 aromatic rings. The number of ether oxygens (including phenoxy) is 4. The summed E-state index contributed by atoms with van der Waals surface area (Å²) in [6, 6.07) is 3.49. The molecule has 218 valence electrons. The number of benzene rings is 1. The van der Waals surface area contributed by atoms with Crippen LogP contribution in [0.1, 0.15) is 83.1 Å². The lowest BCUT2D eigenvalue weighted by molar-refractivity contribution is -0.144. The third-order valence-electron chi connectivity index (χ3n) is 8.45. The third-order valence-corrected chi connectivity index (χ3v) is 8.45. The van der Waals surface area contributed by atoms with Gasteiger partial charge >= 0.3 is 5.97 Å². The van der Waals surface area contributed by atoms with Gasteiger partial charge in [0.05, 0.1) is 25.7 Å². The highest BCUT2D eigenvalue weighted by atomic mass is 16.7. The Labute approximate surface area is 232 Å². The second-order valence-electron chi connectivity index (χ2n) is 11.1. The topological polar surface area (TPSA) is 97.8 Å². The zero-order chi connectivity index (χ0) is 27.8. The number of fused-ring (bicyclic) bond motifs is 1. The Morgan fingerprint density at radius 1 is 1.10 bits per heavy atom. The van der Waals surface area contributed by atoms with Crippen LogP contribution in [0.4, 0.5) is 0 Å². The lowest BCUT2D eigenvalue weighted by Gasteiger charge is -2.31. The summed E-state index contributed by atoms with van der Waals surface area (Å²) in [5.74, 6) is -0.0657. The summed E-state index contributed by atoms with van der Waals surface area (Å²) < 4.78 is 22.8. The van der Waals surface area contributed by atoms with E-state index in [0.29, 0.717) is 30.2 Å². The van der Waals surface area contributed by atoms with E-state index in [-0.39, 0.29) is 37.3 Å². The van der Waals surface area contributed by atoms with E-state index >= 15 is 0 Å². The highest BCUT2D eigenvalue weighted by Crippen LogP contribution is 2.47. The largest absolute Gasteiger partial charge is 0.493 e. The summed E-state index contributed by atoms with van der Waals surface area (Å²) in [4.78, 5) is 30.5. The number of nitrogens with zero attached hydrogens (tertiary/aromatic N) is 2. The predicted octanol–water partition coefficient (Wildman–Crippen LogP) is 4.67. The van der Waals surface area contributed by atoms with Gasteiger partial charge < -0.3 is 29.0 Å². The maximum atomic E-state index is 13.6. The van der Waals surface area contributed by atoms with Crippen LogP contribution in [0.3, 0.4) is 0 Å². The van der Waals surface area contributed by atoms with Gasteiger partial charge in [0.2, 0.25) is 18.4 Å². The predicted molar refractivity (Wildman–Crippen MR) is 148 cm³/mol. The summed E-state index contributed by atoms with van der Waals surface area (Å²) in [6.07, 6.45) is 8.85. The zero-order valence-corrected chi connectivity index (χ0v) is 23.9. The van der Waals surface area contributed by atoms with Crippen molar-refractivity contribution < 1.29 is 33.6 Å². The van der Waals surface area contributed by atoms with Crippen LogP contribution < -0.4 is 14.2 Å². The Bertz CT molecular complexity index is 957. The molecule has 3 heterocycles. The number of aliphatic carboxylic acids is 1. The van der Waals surface area contributed by atoms with Gasteiger partial charge in [0.25, 0.3) is 0 Å². The number of carbonyl (C=O) groups is 2. The van der Waals surface area contributed by atoms with Crippen molar-refractivity contribution in [1.82, 2.24) is 9.80 Å². The molecule has 9 nitrogen and oxygen atoms in total. The molecular formula is C30H46N2O7. The number of hydrogen-bond donors (Lipinski definition) is 1. The molecule has 0 radical (unpaired) electrons. The first-order valence-electron chi connectivity index (χ1n) is 14.8. The van der Waals surface area contributed by atoms with E-state index in [4.69, 9.17) is 18.9 Å². The third kappa shape index (κ3) is 7.17. The Hall–Kier alpha value is -2.52. The van der Waals surface area contributed by atoms with Gasteiger partial charge in [-0.05, 0) is 62.6 Å². The molecule has 1 N–H and O–H groups in total. The van der Waals surface area contributed by atoms with Crippen molar-refractivity contribution in [2.45, 2.75) is 89.7 Å². The molecule has 1 unspecified atom stereocenters. The van der Waals surface area contributed by atoms with Gasteiger partial charge in [0, 0.05) is 38.2 Å². The van der Waals surface area contributed by atoms with Gasteiger partial charge in [-0.3, -0.25) is 14.5 Å². The Morgan fingerprint density at radius 3 is 2.51 bits per heavy atom. The monoisotopic (exact) mass is 546 g/mol. The molecule has 3 aliphatic heterocycles. The van der Waals surface area contributed by atoms with Crippen molar-refractivity contribution >= 4 is 11.9 Å². The van der Waals surface area contributed by atoms with Gasteiger partial charge in [-0.1, -0.05) is 26.7 Å². The number of carbonyl (C=O) groups excluding carboxylic acids is 1. The smallest absolute Gasteiger partial charge is 0.308 e. The average molecular weight is 547 g/mol. The van der Waals surface area contributed by atoms with Crippen LogP contribution in [0, 0.1) is 5.92 Å². The minimum absolute atomic E-state index is 0.0869. The Morgan fingerprint density at radius 2 is 1.87 bits per heavy atom. The summed E-state index contributed by atoms with van der Waals surface area (Å²) in [7, 11) is 1.57. The first kappa shape index (κ1) is 29.5. The number of methoxy groups -OCH3 is 1. The second kappa shape index (κ2) is 14.2. The fourth-order valence-corrected chi connectivity index (χ4v) is 6.28. The van der Waals surface area contributed by atoms with E-state index < -0.39 is 11.9 Å². The van der Waals surface area contributed by atoms with E-state index in [1.165, 1.54) is 0 Å². The van der Waals surface area contributed by atoms with Gasteiger partial charge in [0.15, 0.2) is 11.5 Å². The van der Waals surface area contributed by atoms with Crippen LogP contribution in [0.15, 0.2) is 12.1 Å². The molecule has 4 rings (SSSR count). The molecule has 0 saturated carbocycles. The molecule has 0 aromatic heterocycles. The number of likely N-dealkylation sites (tertiary alicyclic amines) is 1. The summed E-state index contributed by atoms with van der Waals surface area (Å²) >= 11 is 0. The summed E-state index contributed by atoms with van der Waals surface area (Å²) in [5.41, 5.74) is 0.839. The van der Waals surface area contributed by atoms with Gasteiger partial charge in [-0.2, -0.15) is 0 Å². The van der Waals surface area contributed by atoms with Crippen molar-refractivity contribution in [2.24, 2.45) is 5.92 Å². The minimum Gasteiger partial charge on any atom is -0.493 e. The molecule has 2 saturated heterocycles. The standard InChI is InChI=1S/C30H46N2O7/c1-4-6-13-31(14-7-5-2)27(33)19-32-18-23(21-16-25(36-3)29-26(17-21)38-20-39-29)28(30(34)35)24(32)12-11-22-10-8-9-15-37-22/h16-17,22-24,28H,4-15,18-20H2,1-3H3,(H,34,35)/t22?,23-,24+,28-/m1/s1. The number of carboxylic acid groups (broad SMARTS) is 1. The fourth-order valence-electron chi connectivity index (χ4n) is 6.28. The summed E-state index contributed by atoms with van der Waals surface area (Å²) in [6.45, 7) is 7.34. The van der Waals surface area contributed by atoms with Crippen LogP contribution in [-0.2, 0) is 14.3 Å². The van der Waals surface area contributed by atoms with Gasteiger partial charge in [-0.25, -0.2) is 0 Å². The molecule has 1 aromatic carbocycles. The molecule has 2 fully saturated rings. The van der Waals surface area contributed by atoms with Crippen molar-refractivity contribution in [3.05, 3.63) is 17.7 Å². The van der Waals surface area contributed by atoms with Crippen molar-refractivity contribution in [2.75, 3.05) is 46.7 Å². The lowest BCUT2D eigenvalue weighted by atomic mass is 9.83. The molecule has 0 aliphatic carbocycles. The van der Waals surface area contributed by atoms with Crippen LogP contribution in [0.25, 0.3) is 0 Å². The zero-order valence-electron chi connectivity index (χ0n) is 23.9. The number of unbranched alkanes of at least 4 members (excludes halogenated alkanes) is 2. The molecule has 9 heteroatoms. The van der Waals surface area contributed by atoms with Gasteiger partial charge in [0.1, 0.15) is 0 Å². The van der Waals surface area contributed by atoms with E-state index in [0.717, 1.165) is 76.6 Å². The van der Waals surface area contributed by atoms with Crippen molar-refractivity contribution in [3.8, 4) is 17.2 Å². The Kier molecular flexibility index (Phi) is 10.7. The van der Waals surface area contributed by atoms with E-state index in [1.54, 1.807) is 7.11 Å². The molecule has 0 bridgehead atoms. The van der Waals surface area contributed by atoms with E-state index in [2.05, 4.69) is 18.7 Å². The minimum atomic E-state index is -0.838. The Balaban J connectivity index is 1.60. The van der Waals surface area contributed by atoms with Crippen LogP contribution >= 0.6 is 0 Å². The molecule has 39 heavy (non-hydrogen) atoms. The van der Waals surface area contributed by atoms with E-state index in [9.17, 15) is 14.7 Å². The molecule has 1 amide bonds. The lowest BCUT2D eigenvalue weighted by Crippen LogP contribution is -2.45.